The minimum Gasteiger partial charge on any atom is -0.507 e. The van der Waals surface area contributed by atoms with Gasteiger partial charge in [-0.3, -0.25) is 19.2 Å². The molecular formula is C16H10N2O5. The van der Waals surface area contributed by atoms with Gasteiger partial charge in [0.05, 0.1) is 16.8 Å². The smallest absolute Gasteiger partial charge is 0.313 e. The summed E-state index contributed by atoms with van der Waals surface area (Å²) >= 11 is 0. The van der Waals surface area contributed by atoms with Crippen molar-refractivity contribution in [1.29, 1.82) is 0 Å². The Morgan fingerprint density at radius 1 is 0.913 bits per heavy atom. The highest BCUT2D eigenvalue weighted by Gasteiger charge is 2.34. The number of nitrogens with two attached hydrogens (primary N) is 1. The molecule has 2 amide bonds. The second-order valence-corrected chi connectivity index (χ2v) is 4.90. The average molecular weight is 310 g/mol. The molecule has 7 heteroatoms. The van der Waals surface area contributed by atoms with Crippen LogP contribution in [0.4, 0.5) is 5.69 Å². The van der Waals surface area contributed by atoms with Crippen molar-refractivity contribution in [1.82, 2.24) is 0 Å². The number of benzene rings is 2. The van der Waals surface area contributed by atoms with Gasteiger partial charge in [0.2, 0.25) is 0 Å². The summed E-state index contributed by atoms with van der Waals surface area (Å²) in [5.41, 5.74) is 4.76. The molecule has 23 heavy (non-hydrogen) atoms. The molecule has 0 heterocycles. The van der Waals surface area contributed by atoms with Crippen molar-refractivity contribution in [2.75, 3.05) is 5.32 Å². The zero-order valence-corrected chi connectivity index (χ0v) is 11.6. The number of fused-ring (bicyclic) bond motifs is 2. The quantitative estimate of drug-likeness (QED) is 0.448. The molecule has 0 saturated carbocycles. The molecule has 0 saturated heterocycles. The Morgan fingerprint density at radius 2 is 1.48 bits per heavy atom. The van der Waals surface area contributed by atoms with Crippen molar-refractivity contribution in [3.05, 3.63) is 58.7 Å². The Kier molecular flexibility index (Phi) is 3.18. The molecule has 0 spiro atoms. The average Bonchev–Trinajstić information content (AvgIpc) is 2.54. The molecule has 3 rings (SSSR count). The summed E-state index contributed by atoms with van der Waals surface area (Å²) in [7, 11) is 0. The molecule has 0 radical (unpaired) electrons. The van der Waals surface area contributed by atoms with Gasteiger partial charge in [0.1, 0.15) is 5.75 Å². The molecule has 0 aliphatic heterocycles. The third-order valence-corrected chi connectivity index (χ3v) is 3.53. The third kappa shape index (κ3) is 2.15. The number of primary amides is 1. The summed E-state index contributed by atoms with van der Waals surface area (Å²) in [6.07, 6.45) is 0. The van der Waals surface area contributed by atoms with E-state index in [0.717, 1.165) is 6.07 Å². The maximum absolute atomic E-state index is 12.6. The Bertz CT molecular complexity index is 901. The number of rotatable bonds is 1. The van der Waals surface area contributed by atoms with Crippen LogP contribution in [0, 0.1) is 0 Å². The Labute approximate surface area is 129 Å². The van der Waals surface area contributed by atoms with Crippen LogP contribution in [0.25, 0.3) is 0 Å². The van der Waals surface area contributed by atoms with E-state index >= 15 is 0 Å². The van der Waals surface area contributed by atoms with E-state index in [1.165, 1.54) is 18.2 Å². The number of anilines is 1. The number of carbonyl (C=O) groups is 4. The Morgan fingerprint density at radius 3 is 2.04 bits per heavy atom. The van der Waals surface area contributed by atoms with Crippen LogP contribution in [-0.2, 0) is 9.59 Å². The van der Waals surface area contributed by atoms with Gasteiger partial charge in [-0.15, -0.1) is 0 Å². The molecule has 0 atom stereocenters. The lowest BCUT2D eigenvalue weighted by Gasteiger charge is -2.21. The number of hydrogen-bond acceptors (Lipinski definition) is 5. The number of carbonyl (C=O) groups excluding carboxylic acids is 4. The van der Waals surface area contributed by atoms with Crippen LogP contribution in [0.5, 0.6) is 5.75 Å². The van der Waals surface area contributed by atoms with Crippen LogP contribution in [0.3, 0.4) is 0 Å². The maximum Gasteiger partial charge on any atom is 0.313 e. The van der Waals surface area contributed by atoms with Crippen LogP contribution in [0.15, 0.2) is 36.4 Å². The first kappa shape index (κ1) is 14.5. The number of phenolic OH excluding ortho intramolecular Hbond substituents is 1. The number of aromatic hydroxyl groups is 1. The summed E-state index contributed by atoms with van der Waals surface area (Å²) in [6, 6.07) is 8.54. The van der Waals surface area contributed by atoms with Crippen molar-refractivity contribution in [2.24, 2.45) is 5.73 Å². The first-order valence-corrected chi connectivity index (χ1v) is 6.57. The van der Waals surface area contributed by atoms with Crippen LogP contribution in [-0.4, -0.2) is 28.5 Å². The fourth-order valence-electron chi connectivity index (χ4n) is 2.49. The number of ketones is 2. The largest absolute Gasteiger partial charge is 0.507 e. The molecule has 2 aromatic carbocycles. The first-order valence-electron chi connectivity index (χ1n) is 6.57. The SMILES string of the molecule is NC(=O)C(=O)Nc1ccc(O)c2c1C(=O)c1ccccc1C2=O. The van der Waals surface area contributed by atoms with Gasteiger partial charge in [0.15, 0.2) is 11.6 Å². The molecule has 4 N–H and O–H groups in total. The molecule has 1 aliphatic carbocycles. The van der Waals surface area contributed by atoms with E-state index in [-0.39, 0.29) is 33.7 Å². The van der Waals surface area contributed by atoms with E-state index in [1.54, 1.807) is 12.1 Å². The highest BCUT2D eigenvalue weighted by atomic mass is 16.3. The van der Waals surface area contributed by atoms with Crippen molar-refractivity contribution in [2.45, 2.75) is 0 Å². The minimum atomic E-state index is -1.23. The normalized spacial score (nSPS) is 12.3. The van der Waals surface area contributed by atoms with Gasteiger partial charge >= 0.3 is 11.8 Å². The van der Waals surface area contributed by atoms with Gasteiger partial charge in [-0.05, 0) is 12.1 Å². The zero-order chi connectivity index (χ0) is 16.7. The standard InChI is InChI=1S/C16H10N2O5/c17-15(22)16(23)18-9-5-6-10(19)12-11(9)13(20)7-3-1-2-4-8(7)14(12)21/h1-6,19H,(H2,17,22)(H,18,23). The van der Waals surface area contributed by atoms with Gasteiger partial charge in [-0.25, -0.2) is 0 Å². The molecule has 0 unspecified atom stereocenters. The molecule has 1 aliphatic rings. The summed E-state index contributed by atoms with van der Waals surface area (Å²) in [5.74, 6) is -3.82. The monoisotopic (exact) mass is 310 g/mol. The van der Waals surface area contributed by atoms with Crippen molar-refractivity contribution in [3.63, 3.8) is 0 Å². The van der Waals surface area contributed by atoms with Crippen molar-refractivity contribution >= 4 is 29.1 Å². The van der Waals surface area contributed by atoms with Crippen molar-refractivity contribution in [3.8, 4) is 5.75 Å². The van der Waals surface area contributed by atoms with E-state index in [4.69, 9.17) is 5.73 Å². The third-order valence-electron chi connectivity index (χ3n) is 3.53. The van der Waals surface area contributed by atoms with Crippen molar-refractivity contribution < 1.29 is 24.3 Å². The lowest BCUT2D eigenvalue weighted by molar-refractivity contribution is -0.134. The van der Waals surface area contributed by atoms with Gasteiger partial charge in [-0.2, -0.15) is 0 Å². The van der Waals surface area contributed by atoms with Crippen LogP contribution in [0.2, 0.25) is 0 Å². The van der Waals surface area contributed by atoms with E-state index in [2.05, 4.69) is 5.32 Å². The number of nitrogens with one attached hydrogen (secondary N) is 1. The van der Waals surface area contributed by atoms with E-state index in [0.29, 0.717) is 0 Å². The fourth-order valence-corrected chi connectivity index (χ4v) is 2.49. The lowest BCUT2D eigenvalue weighted by atomic mass is 9.82. The molecule has 0 bridgehead atoms. The highest BCUT2D eigenvalue weighted by Crippen LogP contribution is 2.36. The minimum absolute atomic E-state index is 0.0607. The van der Waals surface area contributed by atoms with Crippen LogP contribution < -0.4 is 11.1 Å². The Balaban J connectivity index is 2.23. The van der Waals surface area contributed by atoms with E-state index in [9.17, 15) is 24.3 Å². The van der Waals surface area contributed by atoms with Crippen LogP contribution in [0.1, 0.15) is 31.8 Å². The molecule has 114 valence electrons. The second kappa shape index (κ2) is 5.06. The summed E-state index contributed by atoms with van der Waals surface area (Å²) < 4.78 is 0. The maximum atomic E-state index is 12.6. The van der Waals surface area contributed by atoms with E-state index < -0.39 is 23.4 Å². The molecule has 7 nitrogen and oxygen atoms in total. The first-order chi connectivity index (χ1) is 10.9. The lowest BCUT2D eigenvalue weighted by Crippen LogP contribution is -2.31. The predicted octanol–water partition coefficient (Wildman–Crippen LogP) is 0.591. The zero-order valence-electron chi connectivity index (χ0n) is 11.6. The number of hydrogen-bond donors (Lipinski definition) is 3. The number of amides is 2. The van der Waals surface area contributed by atoms with Crippen LogP contribution >= 0.6 is 0 Å². The number of phenols is 1. The summed E-state index contributed by atoms with van der Waals surface area (Å²) in [4.78, 5) is 47.5. The summed E-state index contributed by atoms with van der Waals surface area (Å²) in [6.45, 7) is 0. The van der Waals surface area contributed by atoms with Gasteiger partial charge in [0.25, 0.3) is 0 Å². The fraction of sp³-hybridized carbons (Fsp3) is 0. The molecular weight excluding hydrogens is 300 g/mol. The Hall–Kier alpha value is -3.48. The van der Waals surface area contributed by atoms with Gasteiger partial charge in [-0.1, -0.05) is 24.3 Å². The second-order valence-electron chi connectivity index (χ2n) is 4.90. The highest BCUT2D eigenvalue weighted by molar-refractivity contribution is 6.40. The molecule has 0 fully saturated rings. The predicted molar refractivity (Wildman–Crippen MR) is 79.2 cm³/mol. The van der Waals surface area contributed by atoms with Gasteiger partial charge < -0.3 is 16.2 Å². The van der Waals surface area contributed by atoms with Gasteiger partial charge in [0, 0.05) is 11.1 Å². The van der Waals surface area contributed by atoms with E-state index in [1.807, 2.05) is 0 Å². The molecule has 0 aromatic heterocycles. The molecule has 2 aromatic rings. The summed E-state index contributed by atoms with van der Waals surface area (Å²) in [5, 5.41) is 12.1. The topological polar surface area (TPSA) is 127 Å².